The Morgan fingerprint density at radius 3 is 2.48 bits per heavy atom. The van der Waals surface area contributed by atoms with Gasteiger partial charge >= 0.3 is 0 Å². The smallest absolute Gasteiger partial charge is 0.276 e. The Labute approximate surface area is 123 Å². The number of ketones is 1. The number of allylic oxidation sites excluding steroid dienone is 3. The third kappa shape index (κ3) is 4.39. The summed E-state index contributed by atoms with van der Waals surface area (Å²) in [6.07, 6.45) is 4.36. The summed E-state index contributed by atoms with van der Waals surface area (Å²) in [6, 6.07) is 8.11. The molecule has 0 bridgehead atoms. The van der Waals surface area contributed by atoms with Gasteiger partial charge in [-0.05, 0) is 18.2 Å². The van der Waals surface area contributed by atoms with Crippen LogP contribution in [-0.4, -0.2) is 10.7 Å². The second kappa shape index (κ2) is 6.62. The molecule has 108 valence electrons. The van der Waals surface area contributed by atoms with Gasteiger partial charge in [-0.25, -0.2) is 0 Å². The molecule has 0 saturated carbocycles. The van der Waals surface area contributed by atoms with Gasteiger partial charge in [0.2, 0.25) is 0 Å². The predicted molar refractivity (Wildman–Crippen MR) is 80.3 cm³/mol. The van der Waals surface area contributed by atoms with Gasteiger partial charge in [-0.15, -0.1) is 0 Å². The van der Waals surface area contributed by atoms with Crippen molar-refractivity contribution in [1.29, 1.82) is 5.26 Å². The van der Waals surface area contributed by atoms with E-state index in [-0.39, 0.29) is 17.0 Å². The molecular weight excluding hydrogens is 268 g/mol. The lowest BCUT2D eigenvalue weighted by atomic mass is 9.86. The van der Waals surface area contributed by atoms with E-state index in [0.29, 0.717) is 5.56 Å². The van der Waals surface area contributed by atoms with Crippen molar-refractivity contribution in [2.24, 2.45) is 5.41 Å². The summed E-state index contributed by atoms with van der Waals surface area (Å²) in [4.78, 5) is 22.4. The highest BCUT2D eigenvalue weighted by molar-refractivity contribution is 6.02. The molecule has 5 heteroatoms. The molecule has 0 heterocycles. The van der Waals surface area contributed by atoms with E-state index in [1.54, 1.807) is 39.0 Å². The molecule has 0 aliphatic carbocycles. The van der Waals surface area contributed by atoms with Crippen LogP contribution in [0.4, 0.5) is 5.69 Å². The molecule has 0 radical (unpaired) electrons. The van der Waals surface area contributed by atoms with Gasteiger partial charge in [0.25, 0.3) is 5.69 Å². The Morgan fingerprint density at radius 1 is 1.33 bits per heavy atom. The van der Waals surface area contributed by atoms with Gasteiger partial charge in [0, 0.05) is 11.5 Å². The standard InChI is InChI=1S/C16H16N2O3/c1-16(2,3)15(19)13(11-17)9-6-8-12-7-4-5-10-14(12)18(20)21/h4-10H,1-3H3/b8-6+,13-9+. The Balaban J connectivity index is 3.06. The predicted octanol–water partition coefficient (Wildman–Crippen LogP) is 3.67. The van der Waals surface area contributed by atoms with Crippen LogP contribution in [0.2, 0.25) is 0 Å². The summed E-state index contributed by atoms with van der Waals surface area (Å²) in [5.74, 6) is -0.266. The van der Waals surface area contributed by atoms with E-state index >= 15 is 0 Å². The minimum atomic E-state index is -0.645. The monoisotopic (exact) mass is 284 g/mol. The van der Waals surface area contributed by atoms with Crippen LogP contribution in [0.25, 0.3) is 6.08 Å². The quantitative estimate of drug-likeness (QED) is 0.277. The number of rotatable bonds is 4. The molecule has 0 saturated heterocycles. The minimum absolute atomic E-state index is 0.0252. The van der Waals surface area contributed by atoms with Gasteiger partial charge < -0.3 is 0 Å². The van der Waals surface area contributed by atoms with Crippen LogP contribution in [-0.2, 0) is 4.79 Å². The van der Waals surface area contributed by atoms with E-state index in [9.17, 15) is 14.9 Å². The molecular formula is C16H16N2O3. The Kier molecular flexibility index (Phi) is 5.14. The van der Waals surface area contributed by atoms with E-state index in [0.717, 1.165) is 0 Å². The van der Waals surface area contributed by atoms with Gasteiger partial charge in [-0.3, -0.25) is 14.9 Å². The molecule has 21 heavy (non-hydrogen) atoms. The van der Waals surface area contributed by atoms with Crippen LogP contribution < -0.4 is 0 Å². The molecule has 0 unspecified atom stereocenters. The number of benzene rings is 1. The first-order chi connectivity index (χ1) is 9.77. The van der Waals surface area contributed by atoms with E-state index in [2.05, 4.69) is 0 Å². The first-order valence-corrected chi connectivity index (χ1v) is 6.34. The number of hydrogen-bond acceptors (Lipinski definition) is 4. The maximum absolute atomic E-state index is 12.0. The minimum Gasteiger partial charge on any atom is -0.293 e. The van der Waals surface area contributed by atoms with Crippen LogP contribution >= 0.6 is 0 Å². The summed E-state index contributed by atoms with van der Waals surface area (Å²) in [5, 5.41) is 19.9. The van der Waals surface area contributed by atoms with E-state index in [1.807, 2.05) is 6.07 Å². The van der Waals surface area contributed by atoms with Crippen LogP contribution in [0, 0.1) is 26.9 Å². The molecule has 0 amide bonds. The van der Waals surface area contributed by atoms with Crippen molar-refractivity contribution in [3.63, 3.8) is 0 Å². The van der Waals surface area contributed by atoms with Crippen LogP contribution in [0.15, 0.2) is 42.0 Å². The molecule has 1 rings (SSSR count). The molecule has 0 aliphatic heterocycles. The lowest BCUT2D eigenvalue weighted by Crippen LogP contribution is -2.21. The zero-order chi connectivity index (χ0) is 16.0. The Bertz CT molecular complexity index is 659. The van der Waals surface area contributed by atoms with Gasteiger partial charge in [0.05, 0.1) is 16.1 Å². The van der Waals surface area contributed by atoms with Crippen molar-refractivity contribution in [2.75, 3.05) is 0 Å². The highest BCUT2D eigenvalue weighted by atomic mass is 16.6. The fraction of sp³-hybridized carbons (Fsp3) is 0.250. The van der Waals surface area contributed by atoms with Crippen molar-refractivity contribution >= 4 is 17.5 Å². The number of nitro groups is 1. The number of hydrogen-bond donors (Lipinski definition) is 0. The van der Waals surface area contributed by atoms with Crippen molar-refractivity contribution in [1.82, 2.24) is 0 Å². The fourth-order valence-electron chi connectivity index (χ4n) is 1.61. The van der Waals surface area contributed by atoms with E-state index in [1.165, 1.54) is 24.3 Å². The number of Topliss-reactive ketones (excluding diaryl/α,β-unsaturated/α-hetero) is 1. The second-order valence-electron chi connectivity index (χ2n) is 5.45. The van der Waals surface area contributed by atoms with Crippen molar-refractivity contribution in [3.8, 4) is 6.07 Å². The van der Waals surface area contributed by atoms with Gasteiger partial charge in [0.15, 0.2) is 5.78 Å². The van der Waals surface area contributed by atoms with Crippen molar-refractivity contribution in [3.05, 3.63) is 57.7 Å². The highest BCUT2D eigenvalue weighted by Crippen LogP contribution is 2.21. The molecule has 0 aliphatic rings. The van der Waals surface area contributed by atoms with Gasteiger partial charge in [-0.1, -0.05) is 39.0 Å². The number of para-hydroxylation sites is 1. The van der Waals surface area contributed by atoms with Crippen molar-refractivity contribution < 1.29 is 9.72 Å². The van der Waals surface area contributed by atoms with Gasteiger partial charge in [-0.2, -0.15) is 5.26 Å². The maximum atomic E-state index is 12.0. The highest BCUT2D eigenvalue weighted by Gasteiger charge is 2.24. The van der Waals surface area contributed by atoms with Crippen LogP contribution in [0.3, 0.4) is 0 Å². The van der Waals surface area contributed by atoms with Crippen LogP contribution in [0.1, 0.15) is 26.3 Å². The topological polar surface area (TPSA) is 84.0 Å². The largest absolute Gasteiger partial charge is 0.293 e. The summed E-state index contributed by atoms with van der Waals surface area (Å²) >= 11 is 0. The SMILES string of the molecule is CC(C)(C)C(=O)/C(C#N)=C/C=C/c1ccccc1[N+](=O)[O-]. The van der Waals surface area contributed by atoms with Gasteiger partial charge in [0.1, 0.15) is 6.07 Å². The second-order valence-corrected chi connectivity index (χ2v) is 5.45. The first kappa shape index (κ1) is 16.3. The van der Waals surface area contributed by atoms with Crippen molar-refractivity contribution in [2.45, 2.75) is 20.8 Å². The number of carbonyl (C=O) groups excluding carboxylic acids is 1. The molecule has 1 aromatic rings. The lowest BCUT2D eigenvalue weighted by Gasteiger charge is -2.14. The molecule has 0 atom stereocenters. The summed E-state index contributed by atoms with van der Waals surface area (Å²) in [7, 11) is 0. The maximum Gasteiger partial charge on any atom is 0.276 e. The molecule has 0 N–H and O–H groups in total. The normalized spacial score (nSPS) is 12.2. The number of carbonyl (C=O) groups is 1. The molecule has 1 aromatic carbocycles. The number of nitriles is 1. The zero-order valence-corrected chi connectivity index (χ0v) is 12.2. The van der Waals surface area contributed by atoms with E-state index < -0.39 is 10.3 Å². The third-order valence-corrected chi connectivity index (χ3v) is 2.72. The summed E-state index contributed by atoms with van der Waals surface area (Å²) < 4.78 is 0. The summed E-state index contributed by atoms with van der Waals surface area (Å²) in [5.41, 5.74) is -0.229. The number of nitrogens with zero attached hydrogens (tertiary/aromatic N) is 2. The summed E-state index contributed by atoms with van der Waals surface area (Å²) in [6.45, 7) is 5.19. The average Bonchev–Trinajstić information content (AvgIpc) is 2.42. The molecule has 0 fully saturated rings. The average molecular weight is 284 g/mol. The Hall–Kier alpha value is -2.74. The zero-order valence-electron chi connectivity index (χ0n) is 12.2. The fourth-order valence-corrected chi connectivity index (χ4v) is 1.61. The third-order valence-electron chi connectivity index (χ3n) is 2.72. The number of nitro benzene ring substituents is 1. The molecule has 5 nitrogen and oxygen atoms in total. The Morgan fingerprint density at radius 2 is 1.95 bits per heavy atom. The molecule has 0 aromatic heterocycles. The molecule has 0 spiro atoms. The lowest BCUT2D eigenvalue weighted by molar-refractivity contribution is -0.385. The van der Waals surface area contributed by atoms with Crippen LogP contribution in [0.5, 0.6) is 0 Å². The first-order valence-electron chi connectivity index (χ1n) is 6.34. The van der Waals surface area contributed by atoms with E-state index in [4.69, 9.17) is 5.26 Å².